The number of carbonyl (C=O) groups is 1. The third-order valence-electron chi connectivity index (χ3n) is 5.52. The number of carbonyl (C=O) groups excluding carboxylic acids is 1. The Balaban J connectivity index is 1.96. The van der Waals surface area contributed by atoms with Crippen LogP contribution in [0.5, 0.6) is 11.5 Å². The Morgan fingerprint density at radius 2 is 1.81 bits per heavy atom. The van der Waals surface area contributed by atoms with E-state index in [1.807, 2.05) is 0 Å². The molecule has 2 aromatic carbocycles. The van der Waals surface area contributed by atoms with Crippen LogP contribution in [0.25, 0.3) is 22.0 Å². The fourth-order valence-corrected chi connectivity index (χ4v) is 3.90. The number of halogens is 1. The van der Waals surface area contributed by atoms with Crippen LogP contribution in [-0.2, 0) is 7.05 Å². The molecule has 0 aliphatic carbocycles. The van der Waals surface area contributed by atoms with Gasteiger partial charge in [-0.25, -0.2) is 4.39 Å². The van der Waals surface area contributed by atoms with Crippen molar-refractivity contribution < 1.29 is 13.9 Å². The lowest BCUT2D eigenvalue weighted by molar-refractivity contribution is 0.0984. The number of rotatable bonds is 5. The Kier molecular flexibility index (Phi) is 5.34. The van der Waals surface area contributed by atoms with E-state index in [-0.39, 0.29) is 17.2 Å². The molecule has 0 bridgehead atoms. The van der Waals surface area contributed by atoms with Crippen LogP contribution < -0.4 is 16.0 Å². The van der Waals surface area contributed by atoms with Crippen molar-refractivity contribution in [3.63, 3.8) is 0 Å². The second-order valence-electron chi connectivity index (χ2n) is 7.93. The van der Waals surface area contributed by atoms with Crippen molar-refractivity contribution in [2.24, 2.45) is 7.05 Å². The second kappa shape index (κ2) is 8.00. The lowest BCUT2D eigenvalue weighted by atomic mass is 10.0. The average Bonchev–Trinajstić information content (AvgIpc) is 3.19. The molecule has 4 rings (SSSR count). The zero-order chi connectivity index (χ0) is 23.2. The van der Waals surface area contributed by atoms with Gasteiger partial charge in [0, 0.05) is 41.9 Å². The van der Waals surface area contributed by atoms with Gasteiger partial charge in [0.15, 0.2) is 5.78 Å². The molecule has 0 atom stereocenters. The number of benzene rings is 2. The van der Waals surface area contributed by atoms with Crippen LogP contribution in [0.3, 0.4) is 0 Å². The molecule has 164 valence electrons. The summed E-state index contributed by atoms with van der Waals surface area (Å²) in [6, 6.07) is 9.75. The molecule has 0 saturated heterocycles. The Morgan fingerprint density at radius 3 is 2.47 bits per heavy atom. The van der Waals surface area contributed by atoms with E-state index in [1.54, 1.807) is 58.3 Å². The number of nitrogens with zero attached hydrogens (tertiary/aromatic N) is 1. The van der Waals surface area contributed by atoms with Crippen molar-refractivity contribution in [2.75, 3.05) is 5.73 Å². The number of fused-ring (bicyclic) bond motifs is 1. The van der Waals surface area contributed by atoms with Crippen LogP contribution in [0.1, 0.15) is 35.0 Å². The van der Waals surface area contributed by atoms with Crippen molar-refractivity contribution in [1.82, 2.24) is 9.55 Å². The standard InChI is InChI=1S/C25H24FN3O3/c1-5-21(30)20-11-18-19(12-29(4)25(31)23(18)28-20)17-10-16(27)6-7-22(17)32-24-13(2)8-15(26)9-14(24)3/h6-12,28H,5,27H2,1-4H3. The first kappa shape index (κ1) is 21.4. The van der Waals surface area contributed by atoms with Gasteiger partial charge in [0.25, 0.3) is 5.56 Å². The monoisotopic (exact) mass is 433 g/mol. The molecule has 32 heavy (non-hydrogen) atoms. The molecule has 0 amide bonds. The van der Waals surface area contributed by atoms with Crippen LogP contribution in [-0.4, -0.2) is 15.3 Å². The number of pyridine rings is 1. The van der Waals surface area contributed by atoms with E-state index in [4.69, 9.17) is 10.5 Å². The van der Waals surface area contributed by atoms with Gasteiger partial charge < -0.3 is 20.0 Å². The molecule has 6 nitrogen and oxygen atoms in total. The molecule has 2 aromatic heterocycles. The maximum atomic E-state index is 13.8. The van der Waals surface area contributed by atoms with E-state index in [2.05, 4.69) is 4.98 Å². The van der Waals surface area contributed by atoms with E-state index in [0.717, 1.165) is 0 Å². The number of nitrogen functional groups attached to an aromatic ring is 1. The van der Waals surface area contributed by atoms with Gasteiger partial charge in [-0.3, -0.25) is 9.59 Å². The number of nitrogens with two attached hydrogens (primary N) is 1. The normalized spacial score (nSPS) is 11.2. The third kappa shape index (κ3) is 3.66. The minimum absolute atomic E-state index is 0.0872. The molecular weight excluding hydrogens is 409 g/mol. The fourth-order valence-electron chi connectivity index (χ4n) is 3.90. The highest BCUT2D eigenvalue weighted by Gasteiger charge is 2.19. The number of ketones is 1. The maximum Gasteiger partial charge on any atom is 0.274 e. The van der Waals surface area contributed by atoms with Crippen LogP contribution in [0.2, 0.25) is 0 Å². The van der Waals surface area contributed by atoms with Crippen LogP contribution in [0.4, 0.5) is 10.1 Å². The number of aromatic amines is 1. The summed E-state index contributed by atoms with van der Waals surface area (Å²) in [6.45, 7) is 5.33. The summed E-state index contributed by atoms with van der Waals surface area (Å²) in [5.74, 6) is 0.636. The molecule has 0 unspecified atom stereocenters. The van der Waals surface area contributed by atoms with Gasteiger partial charge in [0.1, 0.15) is 22.8 Å². The van der Waals surface area contributed by atoms with Gasteiger partial charge in [0.05, 0.1) is 5.69 Å². The lowest BCUT2D eigenvalue weighted by Gasteiger charge is -2.17. The highest BCUT2D eigenvalue weighted by Crippen LogP contribution is 2.39. The minimum atomic E-state index is -0.329. The number of aryl methyl sites for hydroxylation is 3. The van der Waals surface area contributed by atoms with Gasteiger partial charge in [-0.1, -0.05) is 6.92 Å². The number of anilines is 1. The zero-order valence-corrected chi connectivity index (χ0v) is 18.4. The Labute approximate surface area is 184 Å². The maximum absolute atomic E-state index is 13.8. The predicted molar refractivity (Wildman–Crippen MR) is 124 cm³/mol. The number of hydrogen-bond donors (Lipinski definition) is 2. The molecule has 0 saturated carbocycles. The summed E-state index contributed by atoms with van der Waals surface area (Å²) in [5, 5.41) is 0.605. The molecular formula is C25H24FN3O3. The highest BCUT2D eigenvalue weighted by atomic mass is 19.1. The highest BCUT2D eigenvalue weighted by molar-refractivity contribution is 6.04. The number of aromatic nitrogens is 2. The number of H-pyrrole nitrogens is 1. The molecule has 0 fully saturated rings. The van der Waals surface area contributed by atoms with Gasteiger partial charge in [-0.2, -0.15) is 0 Å². The zero-order valence-electron chi connectivity index (χ0n) is 18.4. The van der Waals surface area contributed by atoms with E-state index in [1.165, 1.54) is 16.7 Å². The average molecular weight is 433 g/mol. The first-order valence-electron chi connectivity index (χ1n) is 10.3. The van der Waals surface area contributed by atoms with E-state index in [9.17, 15) is 14.0 Å². The van der Waals surface area contributed by atoms with Gasteiger partial charge >= 0.3 is 0 Å². The molecule has 0 radical (unpaired) electrons. The molecule has 0 aliphatic rings. The molecule has 3 N–H and O–H groups in total. The summed E-state index contributed by atoms with van der Waals surface area (Å²) < 4.78 is 21.5. The van der Waals surface area contributed by atoms with Crippen LogP contribution in [0.15, 0.2) is 47.4 Å². The Hall–Kier alpha value is -3.87. The van der Waals surface area contributed by atoms with E-state index >= 15 is 0 Å². The third-order valence-corrected chi connectivity index (χ3v) is 5.52. The van der Waals surface area contributed by atoms with Crippen molar-refractivity contribution in [3.8, 4) is 22.6 Å². The number of hydrogen-bond acceptors (Lipinski definition) is 4. The molecule has 7 heteroatoms. The fraction of sp³-hybridized carbons (Fsp3) is 0.200. The largest absolute Gasteiger partial charge is 0.456 e. The minimum Gasteiger partial charge on any atom is -0.456 e. The topological polar surface area (TPSA) is 90.1 Å². The van der Waals surface area contributed by atoms with E-state index in [0.29, 0.717) is 62.5 Å². The van der Waals surface area contributed by atoms with Crippen LogP contribution in [0, 0.1) is 19.7 Å². The number of Topliss-reactive ketones (excluding diaryl/α,β-unsaturated/α-hetero) is 1. The SMILES string of the molecule is CCC(=O)c1cc2c(-c3cc(N)ccc3Oc3c(C)cc(F)cc3C)cn(C)c(=O)c2[nH]1. The van der Waals surface area contributed by atoms with Crippen molar-refractivity contribution in [1.29, 1.82) is 0 Å². The molecule has 2 heterocycles. The van der Waals surface area contributed by atoms with Crippen LogP contribution >= 0.6 is 0 Å². The number of nitrogens with one attached hydrogen (secondary N) is 1. The number of ether oxygens (including phenoxy) is 1. The Bertz CT molecular complexity index is 1410. The quantitative estimate of drug-likeness (QED) is 0.332. The van der Waals surface area contributed by atoms with Gasteiger partial charge in [-0.05, 0) is 61.4 Å². The van der Waals surface area contributed by atoms with E-state index < -0.39 is 0 Å². The summed E-state index contributed by atoms with van der Waals surface area (Å²) in [4.78, 5) is 28.0. The van der Waals surface area contributed by atoms with Crippen molar-refractivity contribution in [3.05, 3.63) is 75.6 Å². The summed E-state index contributed by atoms with van der Waals surface area (Å²) >= 11 is 0. The summed E-state index contributed by atoms with van der Waals surface area (Å²) in [7, 11) is 1.65. The van der Waals surface area contributed by atoms with Gasteiger partial charge in [0.2, 0.25) is 0 Å². The predicted octanol–water partition coefficient (Wildman–Crippen LogP) is 5.26. The molecule has 4 aromatic rings. The summed E-state index contributed by atoms with van der Waals surface area (Å²) in [5.41, 5.74) is 9.75. The molecule has 0 spiro atoms. The Morgan fingerprint density at radius 1 is 1.12 bits per heavy atom. The van der Waals surface area contributed by atoms with Gasteiger partial charge in [-0.15, -0.1) is 0 Å². The van der Waals surface area contributed by atoms with Crippen molar-refractivity contribution >= 4 is 22.4 Å². The smallest absolute Gasteiger partial charge is 0.274 e. The van der Waals surface area contributed by atoms with Crippen molar-refractivity contribution in [2.45, 2.75) is 27.2 Å². The lowest BCUT2D eigenvalue weighted by Crippen LogP contribution is -2.16. The first-order valence-corrected chi connectivity index (χ1v) is 10.3. The molecule has 0 aliphatic heterocycles. The summed E-state index contributed by atoms with van der Waals surface area (Å²) in [6.07, 6.45) is 2.02. The second-order valence-corrected chi connectivity index (χ2v) is 7.93. The first-order chi connectivity index (χ1) is 15.2.